The topological polar surface area (TPSA) is 64.8 Å². The van der Waals surface area contributed by atoms with Crippen LogP contribution in [0.5, 0.6) is 0 Å². The molecule has 0 aromatic rings. The Bertz CT molecular complexity index is 287. The zero-order chi connectivity index (χ0) is 11.9. The summed E-state index contributed by atoms with van der Waals surface area (Å²) in [4.78, 5) is 13.5. The molecule has 3 unspecified atom stereocenters. The molecule has 0 radical (unpaired) electrons. The van der Waals surface area contributed by atoms with Crippen molar-refractivity contribution in [2.24, 2.45) is 11.7 Å². The van der Waals surface area contributed by atoms with Gasteiger partial charge in [0.1, 0.15) is 5.60 Å². The summed E-state index contributed by atoms with van der Waals surface area (Å²) in [6.45, 7) is 7.46. The van der Waals surface area contributed by atoms with Gasteiger partial charge in [-0.3, -0.25) is 0 Å². The second-order valence-corrected chi connectivity index (χ2v) is 5.58. The molecule has 1 amide bonds. The number of carbonyl (C=O) groups is 1. The van der Waals surface area contributed by atoms with Crippen molar-refractivity contribution in [1.82, 2.24) is 4.90 Å². The van der Waals surface area contributed by atoms with Crippen molar-refractivity contribution < 1.29 is 14.3 Å². The van der Waals surface area contributed by atoms with Crippen LogP contribution in [0.15, 0.2) is 0 Å². The normalized spacial score (nSPS) is 34.0. The average molecular weight is 228 g/mol. The van der Waals surface area contributed by atoms with Crippen LogP contribution in [-0.4, -0.2) is 48.4 Å². The smallest absolute Gasteiger partial charge is 0.410 e. The molecule has 2 fully saturated rings. The van der Waals surface area contributed by atoms with Crippen LogP contribution in [0.3, 0.4) is 0 Å². The number of nitrogens with zero attached hydrogens (tertiary/aromatic N) is 1. The van der Waals surface area contributed by atoms with E-state index in [1.807, 2.05) is 20.8 Å². The monoisotopic (exact) mass is 228 g/mol. The van der Waals surface area contributed by atoms with Gasteiger partial charge in [0.25, 0.3) is 0 Å². The Morgan fingerprint density at radius 2 is 2.12 bits per heavy atom. The van der Waals surface area contributed by atoms with Crippen LogP contribution in [0.4, 0.5) is 4.79 Å². The lowest BCUT2D eigenvalue weighted by Crippen LogP contribution is -2.38. The van der Waals surface area contributed by atoms with Gasteiger partial charge in [0.2, 0.25) is 0 Å². The number of likely N-dealkylation sites (tertiary alicyclic amines) is 1. The molecule has 0 bridgehead atoms. The van der Waals surface area contributed by atoms with Crippen molar-refractivity contribution in [1.29, 1.82) is 0 Å². The molecule has 5 nitrogen and oxygen atoms in total. The van der Waals surface area contributed by atoms with E-state index in [1.54, 1.807) is 4.90 Å². The lowest BCUT2D eigenvalue weighted by molar-refractivity contribution is 0.0231. The fourth-order valence-electron chi connectivity index (χ4n) is 2.22. The summed E-state index contributed by atoms with van der Waals surface area (Å²) >= 11 is 0. The lowest BCUT2D eigenvalue weighted by atomic mass is 10.0. The number of amides is 1. The molecule has 2 rings (SSSR count). The average Bonchev–Trinajstić information content (AvgIpc) is 2.65. The standard InChI is InChI=1S/C11H20N2O3/c1-11(2,3)16-10(14)13-4-7-8(12)6-15-9(7)5-13/h7-9H,4-6,12H2,1-3H3. The fraction of sp³-hybridized carbons (Fsp3) is 0.909. The van der Waals surface area contributed by atoms with Crippen molar-refractivity contribution in [3.8, 4) is 0 Å². The lowest BCUT2D eigenvalue weighted by Gasteiger charge is -2.25. The fourth-order valence-corrected chi connectivity index (χ4v) is 2.22. The summed E-state index contributed by atoms with van der Waals surface area (Å²) in [7, 11) is 0. The van der Waals surface area contributed by atoms with Crippen LogP contribution in [0, 0.1) is 5.92 Å². The molecule has 0 saturated carbocycles. The van der Waals surface area contributed by atoms with Crippen molar-refractivity contribution in [3.05, 3.63) is 0 Å². The second kappa shape index (κ2) is 3.89. The maximum Gasteiger partial charge on any atom is 0.410 e. The van der Waals surface area contributed by atoms with E-state index in [2.05, 4.69) is 0 Å². The van der Waals surface area contributed by atoms with Crippen LogP contribution < -0.4 is 5.73 Å². The molecule has 2 aliphatic heterocycles. The summed E-state index contributed by atoms with van der Waals surface area (Å²) in [5.74, 6) is 0.271. The van der Waals surface area contributed by atoms with Crippen LogP contribution in [0.25, 0.3) is 0 Å². The number of rotatable bonds is 0. The molecule has 92 valence electrons. The van der Waals surface area contributed by atoms with Crippen LogP contribution in [0.1, 0.15) is 20.8 Å². The molecule has 5 heteroatoms. The number of ether oxygens (including phenoxy) is 2. The Morgan fingerprint density at radius 1 is 1.44 bits per heavy atom. The predicted molar refractivity (Wildman–Crippen MR) is 59.0 cm³/mol. The minimum atomic E-state index is -0.447. The van der Waals surface area contributed by atoms with Crippen LogP contribution in [0.2, 0.25) is 0 Å². The molecule has 2 N–H and O–H groups in total. The Kier molecular flexibility index (Phi) is 2.84. The van der Waals surface area contributed by atoms with Gasteiger partial charge in [-0.25, -0.2) is 4.79 Å². The Labute approximate surface area is 95.9 Å². The van der Waals surface area contributed by atoms with E-state index < -0.39 is 5.60 Å². The molecule has 2 aliphatic rings. The van der Waals surface area contributed by atoms with Gasteiger partial charge in [0, 0.05) is 18.5 Å². The zero-order valence-corrected chi connectivity index (χ0v) is 10.1. The van der Waals surface area contributed by atoms with E-state index in [0.29, 0.717) is 19.7 Å². The molecule has 2 heterocycles. The zero-order valence-electron chi connectivity index (χ0n) is 10.1. The van der Waals surface area contributed by atoms with E-state index in [4.69, 9.17) is 15.2 Å². The molecular formula is C11H20N2O3. The molecule has 0 aliphatic carbocycles. The highest BCUT2D eigenvalue weighted by Gasteiger charge is 2.44. The van der Waals surface area contributed by atoms with Gasteiger partial charge >= 0.3 is 6.09 Å². The Balaban J connectivity index is 1.92. The first-order valence-electron chi connectivity index (χ1n) is 5.72. The SMILES string of the molecule is CC(C)(C)OC(=O)N1CC2OCC(N)C2C1. The third kappa shape index (κ3) is 2.30. The largest absolute Gasteiger partial charge is 0.444 e. The van der Waals surface area contributed by atoms with E-state index in [0.717, 1.165) is 0 Å². The number of hydrogen-bond donors (Lipinski definition) is 1. The van der Waals surface area contributed by atoms with Gasteiger partial charge in [-0.2, -0.15) is 0 Å². The third-order valence-electron chi connectivity index (χ3n) is 3.01. The van der Waals surface area contributed by atoms with Crippen LogP contribution >= 0.6 is 0 Å². The quantitative estimate of drug-likeness (QED) is 0.658. The van der Waals surface area contributed by atoms with Gasteiger partial charge < -0.3 is 20.1 Å². The highest BCUT2D eigenvalue weighted by molar-refractivity contribution is 5.68. The Morgan fingerprint density at radius 3 is 2.69 bits per heavy atom. The summed E-state index contributed by atoms with van der Waals surface area (Å²) in [6, 6.07) is 0.0532. The van der Waals surface area contributed by atoms with E-state index in [9.17, 15) is 4.79 Å². The van der Waals surface area contributed by atoms with E-state index in [-0.39, 0.29) is 24.2 Å². The first-order valence-corrected chi connectivity index (χ1v) is 5.72. The van der Waals surface area contributed by atoms with E-state index in [1.165, 1.54) is 0 Å². The van der Waals surface area contributed by atoms with E-state index >= 15 is 0 Å². The van der Waals surface area contributed by atoms with Crippen molar-refractivity contribution >= 4 is 6.09 Å². The van der Waals surface area contributed by atoms with Gasteiger partial charge in [0.05, 0.1) is 19.3 Å². The van der Waals surface area contributed by atoms with Crippen molar-refractivity contribution in [3.63, 3.8) is 0 Å². The maximum absolute atomic E-state index is 11.8. The molecule has 16 heavy (non-hydrogen) atoms. The van der Waals surface area contributed by atoms with Gasteiger partial charge in [-0.05, 0) is 20.8 Å². The molecular weight excluding hydrogens is 208 g/mol. The Hall–Kier alpha value is -0.810. The van der Waals surface area contributed by atoms with Crippen molar-refractivity contribution in [2.45, 2.75) is 38.5 Å². The number of hydrogen-bond acceptors (Lipinski definition) is 4. The molecule has 0 spiro atoms. The predicted octanol–water partition coefficient (Wildman–Crippen LogP) is 0.579. The molecule has 0 aromatic carbocycles. The minimum Gasteiger partial charge on any atom is -0.444 e. The van der Waals surface area contributed by atoms with Gasteiger partial charge in [-0.15, -0.1) is 0 Å². The summed E-state index contributed by atoms with van der Waals surface area (Å²) < 4.78 is 10.8. The second-order valence-electron chi connectivity index (χ2n) is 5.58. The first-order chi connectivity index (χ1) is 7.37. The highest BCUT2D eigenvalue weighted by atomic mass is 16.6. The van der Waals surface area contributed by atoms with Crippen molar-refractivity contribution in [2.75, 3.05) is 19.7 Å². The highest BCUT2D eigenvalue weighted by Crippen LogP contribution is 2.29. The number of carbonyl (C=O) groups excluding carboxylic acids is 1. The van der Waals surface area contributed by atoms with Crippen LogP contribution in [-0.2, 0) is 9.47 Å². The first kappa shape index (κ1) is 11.7. The summed E-state index contributed by atoms with van der Waals surface area (Å²) in [6.07, 6.45) is -0.166. The number of fused-ring (bicyclic) bond motifs is 1. The molecule has 2 saturated heterocycles. The maximum atomic E-state index is 11.8. The molecule has 3 atom stereocenters. The summed E-state index contributed by atoms with van der Waals surface area (Å²) in [5.41, 5.74) is 5.46. The minimum absolute atomic E-state index is 0.0532. The van der Waals surface area contributed by atoms with Gasteiger partial charge in [0.15, 0.2) is 0 Å². The van der Waals surface area contributed by atoms with Gasteiger partial charge in [-0.1, -0.05) is 0 Å². The summed E-state index contributed by atoms with van der Waals surface area (Å²) in [5, 5.41) is 0. The third-order valence-corrected chi connectivity index (χ3v) is 3.01. The number of nitrogens with two attached hydrogens (primary N) is 1. The molecule has 0 aromatic heterocycles.